The minimum Gasteiger partial charge on any atom is -0.422 e. The number of nitrogens with zero attached hydrogens (tertiary/aromatic N) is 1. The molecule has 0 aliphatic rings. The van der Waals surface area contributed by atoms with Crippen molar-refractivity contribution in [2.75, 3.05) is 0 Å². The van der Waals surface area contributed by atoms with E-state index in [0.717, 1.165) is 10.8 Å². The molecular formula is C11H6N2O3S. The van der Waals surface area contributed by atoms with Crippen LogP contribution >= 0.6 is 12.2 Å². The Morgan fingerprint density at radius 1 is 1.35 bits per heavy atom. The summed E-state index contributed by atoms with van der Waals surface area (Å²) in [6, 6.07) is 8.85. The molecule has 84 valence electrons. The number of benzene rings is 2. The van der Waals surface area contributed by atoms with Gasteiger partial charge in [0.2, 0.25) is 5.58 Å². The molecule has 17 heavy (non-hydrogen) atoms. The van der Waals surface area contributed by atoms with E-state index in [1.54, 1.807) is 0 Å². The van der Waals surface area contributed by atoms with Crippen LogP contribution in [0.5, 0.6) is 0 Å². The molecule has 1 aromatic heterocycles. The lowest BCUT2D eigenvalue weighted by Crippen LogP contribution is -1.89. The first kappa shape index (κ1) is 9.98. The molecule has 0 unspecified atom stereocenters. The lowest BCUT2D eigenvalue weighted by atomic mass is 10.1. The molecule has 0 radical (unpaired) electrons. The van der Waals surface area contributed by atoms with E-state index in [0.29, 0.717) is 5.52 Å². The Morgan fingerprint density at radius 2 is 2.12 bits per heavy atom. The lowest BCUT2D eigenvalue weighted by Gasteiger charge is -1.98. The molecule has 2 aromatic carbocycles. The number of oxazole rings is 1. The van der Waals surface area contributed by atoms with Gasteiger partial charge in [0.25, 0.3) is 4.84 Å². The maximum absolute atomic E-state index is 11.0. The van der Waals surface area contributed by atoms with E-state index in [4.69, 9.17) is 16.6 Å². The van der Waals surface area contributed by atoms with Gasteiger partial charge < -0.3 is 9.40 Å². The Hall–Kier alpha value is -2.21. The first-order valence-electron chi connectivity index (χ1n) is 4.86. The SMILES string of the molecule is O=[N+]([O-])c1cc2ccccc2c2[nH]c(=S)oc12. The monoisotopic (exact) mass is 246 g/mol. The summed E-state index contributed by atoms with van der Waals surface area (Å²) < 4.78 is 5.19. The van der Waals surface area contributed by atoms with Crippen molar-refractivity contribution in [2.24, 2.45) is 0 Å². The quantitative estimate of drug-likeness (QED) is 0.405. The third-order valence-corrected chi connectivity index (χ3v) is 2.79. The van der Waals surface area contributed by atoms with Crippen LogP contribution in [0.2, 0.25) is 0 Å². The van der Waals surface area contributed by atoms with E-state index >= 15 is 0 Å². The highest BCUT2D eigenvalue weighted by Crippen LogP contribution is 2.32. The highest BCUT2D eigenvalue weighted by molar-refractivity contribution is 7.71. The molecule has 0 aliphatic heterocycles. The Labute approximate surface area is 99.8 Å². The number of H-pyrrole nitrogens is 1. The van der Waals surface area contributed by atoms with Crippen molar-refractivity contribution in [2.45, 2.75) is 0 Å². The average molecular weight is 246 g/mol. The van der Waals surface area contributed by atoms with Gasteiger partial charge in [0, 0.05) is 11.5 Å². The number of non-ortho nitro benzene ring substituents is 1. The second-order valence-corrected chi connectivity index (χ2v) is 3.96. The summed E-state index contributed by atoms with van der Waals surface area (Å²) in [4.78, 5) is 13.5. The number of hydrogen-bond donors (Lipinski definition) is 1. The van der Waals surface area contributed by atoms with Crippen LogP contribution in [0.15, 0.2) is 34.7 Å². The lowest BCUT2D eigenvalue weighted by molar-refractivity contribution is -0.383. The molecule has 0 aliphatic carbocycles. The minimum atomic E-state index is -0.471. The molecular weight excluding hydrogens is 240 g/mol. The minimum absolute atomic E-state index is 0.0777. The van der Waals surface area contributed by atoms with Crippen LogP contribution in [0.4, 0.5) is 5.69 Å². The van der Waals surface area contributed by atoms with Gasteiger partial charge in [0.05, 0.1) is 4.92 Å². The van der Waals surface area contributed by atoms with E-state index in [-0.39, 0.29) is 16.1 Å². The van der Waals surface area contributed by atoms with Crippen LogP contribution in [0.3, 0.4) is 0 Å². The van der Waals surface area contributed by atoms with Crippen molar-refractivity contribution in [3.63, 3.8) is 0 Å². The topological polar surface area (TPSA) is 72.1 Å². The first-order chi connectivity index (χ1) is 8.16. The van der Waals surface area contributed by atoms with Crippen molar-refractivity contribution in [1.29, 1.82) is 0 Å². The summed E-state index contributed by atoms with van der Waals surface area (Å²) in [6.45, 7) is 0. The van der Waals surface area contributed by atoms with Crippen molar-refractivity contribution >= 4 is 39.8 Å². The molecule has 0 spiro atoms. The maximum atomic E-state index is 11.0. The smallest absolute Gasteiger partial charge is 0.314 e. The number of fused-ring (bicyclic) bond motifs is 3. The highest BCUT2D eigenvalue weighted by Gasteiger charge is 2.18. The highest BCUT2D eigenvalue weighted by atomic mass is 32.1. The van der Waals surface area contributed by atoms with Crippen molar-refractivity contribution < 1.29 is 9.34 Å². The summed E-state index contributed by atoms with van der Waals surface area (Å²) in [6.07, 6.45) is 0. The zero-order valence-corrected chi connectivity index (χ0v) is 9.28. The van der Waals surface area contributed by atoms with Crippen molar-refractivity contribution in [3.05, 3.63) is 45.3 Å². The molecule has 0 saturated heterocycles. The van der Waals surface area contributed by atoms with Gasteiger partial charge >= 0.3 is 5.69 Å². The average Bonchev–Trinajstić information content (AvgIpc) is 2.69. The molecule has 1 heterocycles. The number of aromatic nitrogens is 1. The van der Waals surface area contributed by atoms with Gasteiger partial charge in [-0.05, 0) is 17.6 Å². The van der Waals surface area contributed by atoms with Crippen LogP contribution < -0.4 is 0 Å². The van der Waals surface area contributed by atoms with Crippen molar-refractivity contribution in [3.8, 4) is 0 Å². The van der Waals surface area contributed by atoms with Crippen LogP contribution in [-0.2, 0) is 0 Å². The van der Waals surface area contributed by atoms with Crippen LogP contribution in [0, 0.1) is 15.0 Å². The molecule has 0 saturated carbocycles. The van der Waals surface area contributed by atoms with E-state index in [1.807, 2.05) is 24.3 Å². The fourth-order valence-electron chi connectivity index (χ4n) is 1.90. The normalized spacial score (nSPS) is 11.1. The number of aromatic amines is 1. The Kier molecular flexibility index (Phi) is 1.99. The third-order valence-electron chi connectivity index (χ3n) is 2.60. The second kappa shape index (κ2) is 3.39. The fraction of sp³-hybridized carbons (Fsp3) is 0. The maximum Gasteiger partial charge on any atom is 0.314 e. The Morgan fingerprint density at radius 3 is 2.88 bits per heavy atom. The summed E-state index contributed by atoms with van der Waals surface area (Å²) in [7, 11) is 0. The van der Waals surface area contributed by atoms with Gasteiger partial charge in [-0.1, -0.05) is 24.3 Å². The van der Waals surface area contributed by atoms with Gasteiger partial charge in [-0.3, -0.25) is 10.1 Å². The molecule has 1 N–H and O–H groups in total. The standard InChI is InChI=1S/C11H6N2O3S/c14-13(15)8-5-6-3-1-2-4-7(6)9-10(8)16-11(17)12-9/h1-5H,(H,12,17). The number of nitrogens with one attached hydrogen (secondary N) is 1. The van der Waals surface area contributed by atoms with Crippen LogP contribution in [0.1, 0.15) is 0 Å². The summed E-state index contributed by atoms with van der Waals surface area (Å²) in [5.74, 6) is 0. The molecule has 5 nitrogen and oxygen atoms in total. The predicted molar refractivity (Wildman–Crippen MR) is 65.6 cm³/mol. The van der Waals surface area contributed by atoms with Crippen LogP contribution in [-0.4, -0.2) is 9.91 Å². The first-order valence-corrected chi connectivity index (χ1v) is 5.26. The van der Waals surface area contributed by atoms with Gasteiger partial charge in [0.1, 0.15) is 5.52 Å². The van der Waals surface area contributed by atoms with Gasteiger partial charge in [-0.25, -0.2) is 0 Å². The van der Waals surface area contributed by atoms with E-state index in [9.17, 15) is 10.1 Å². The second-order valence-electron chi connectivity index (χ2n) is 3.59. The molecule has 3 rings (SSSR count). The number of nitro benzene ring substituents is 1. The Balaban J connectivity index is 2.63. The summed E-state index contributed by atoms with van der Waals surface area (Å²) >= 11 is 4.88. The zero-order valence-electron chi connectivity index (χ0n) is 8.47. The van der Waals surface area contributed by atoms with Crippen molar-refractivity contribution in [1.82, 2.24) is 4.98 Å². The summed E-state index contributed by atoms with van der Waals surface area (Å²) in [5, 5.41) is 12.6. The largest absolute Gasteiger partial charge is 0.422 e. The van der Waals surface area contributed by atoms with Crippen LogP contribution in [0.25, 0.3) is 21.9 Å². The van der Waals surface area contributed by atoms with E-state index in [2.05, 4.69) is 4.98 Å². The molecule has 3 aromatic rings. The number of hydrogen-bond acceptors (Lipinski definition) is 4. The van der Waals surface area contributed by atoms with E-state index in [1.165, 1.54) is 6.07 Å². The Bertz CT molecular complexity index is 803. The molecule has 6 heteroatoms. The fourth-order valence-corrected chi connectivity index (χ4v) is 2.08. The third kappa shape index (κ3) is 1.42. The van der Waals surface area contributed by atoms with Gasteiger partial charge in [-0.2, -0.15) is 0 Å². The predicted octanol–water partition coefficient (Wildman–Crippen LogP) is 3.55. The molecule has 0 atom stereocenters. The van der Waals surface area contributed by atoms with Gasteiger partial charge in [0.15, 0.2) is 0 Å². The van der Waals surface area contributed by atoms with Gasteiger partial charge in [-0.15, -0.1) is 0 Å². The molecule has 0 fully saturated rings. The number of nitro groups is 1. The van der Waals surface area contributed by atoms with E-state index < -0.39 is 4.92 Å². The number of rotatable bonds is 1. The summed E-state index contributed by atoms with van der Waals surface area (Å²) in [5.41, 5.74) is 0.685. The zero-order chi connectivity index (χ0) is 12.0. The molecule has 0 bridgehead atoms. The molecule has 0 amide bonds.